The van der Waals surface area contributed by atoms with E-state index in [0.717, 1.165) is 6.26 Å². The second kappa shape index (κ2) is 5.13. The normalized spacial score (nSPS) is 13.0. The number of aromatic nitrogens is 2. The second-order valence-electron chi connectivity index (χ2n) is 4.82. The number of rotatable bonds is 3. The molecular weight excluding hydrogens is 308 g/mol. The molecule has 0 spiro atoms. The van der Waals surface area contributed by atoms with Gasteiger partial charge < -0.3 is 9.47 Å². The predicted molar refractivity (Wildman–Crippen MR) is 77.0 cm³/mol. The molecule has 0 saturated carbocycles. The molecule has 0 radical (unpaired) electrons. The first-order valence-electron chi connectivity index (χ1n) is 6.62. The maximum absolute atomic E-state index is 11.8. The number of imidazole rings is 1. The topological polar surface area (TPSA) is 87.5 Å². The molecule has 1 aliphatic rings. The first-order valence-corrected chi connectivity index (χ1v) is 8.51. The number of esters is 1. The molecule has 22 heavy (non-hydrogen) atoms. The van der Waals surface area contributed by atoms with E-state index >= 15 is 0 Å². The summed E-state index contributed by atoms with van der Waals surface area (Å²) >= 11 is 0. The molecule has 0 bridgehead atoms. The minimum atomic E-state index is -3.31. The highest BCUT2D eigenvalue weighted by Gasteiger charge is 2.26. The van der Waals surface area contributed by atoms with Crippen molar-refractivity contribution < 1.29 is 22.7 Å². The summed E-state index contributed by atoms with van der Waals surface area (Å²) in [7, 11) is -3.31. The maximum atomic E-state index is 11.8. The lowest BCUT2D eigenvalue weighted by atomic mass is 10.2. The Kier molecular flexibility index (Phi) is 3.40. The van der Waals surface area contributed by atoms with Crippen LogP contribution in [0.3, 0.4) is 0 Å². The molecular formula is C14H14N2O5S. The number of ether oxygens (including phenoxy) is 2. The third-order valence-corrected chi connectivity index (χ3v) is 4.43. The van der Waals surface area contributed by atoms with Crippen LogP contribution in [0, 0.1) is 0 Å². The number of benzene rings is 1. The Balaban J connectivity index is 2.07. The Morgan fingerprint density at radius 2 is 2.23 bits per heavy atom. The molecule has 0 fully saturated rings. The SMILES string of the molecule is CCOC(=O)c1ncn2c1COc1cc(S(C)(=O)=O)ccc1-2. The summed E-state index contributed by atoms with van der Waals surface area (Å²) in [6.45, 7) is 2.10. The minimum Gasteiger partial charge on any atom is -0.485 e. The summed E-state index contributed by atoms with van der Waals surface area (Å²) in [6, 6.07) is 4.60. The van der Waals surface area contributed by atoms with Crippen LogP contribution in [0.2, 0.25) is 0 Å². The number of fused-ring (bicyclic) bond motifs is 3. The zero-order valence-electron chi connectivity index (χ0n) is 12.1. The third-order valence-electron chi connectivity index (χ3n) is 3.32. The second-order valence-corrected chi connectivity index (χ2v) is 6.84. The highest BCUT2D eigenvalue weighted by Crippen LogP contribution is 2.33. The summed E-state index contributed by atoms with van der Waals surface area (Å²) in [6.07, 6.45) is 2.64. The van der Waals surface area contributed by atoms with Gasteiger partial charge in [0.25, 0.3) is 0 Å². The zero-order valence-corrected chi connectivity index (χ0v) is 12.9. The van der Waals surface area contributed by atoms with Crippen LogP contribution in [-0.2, 0) is 21.2 Å². The van der Waals surface area contributed by atoms with Crippen molar-refractivity contribution in [2.75, 3.05) is 12.9 Å². The molecule has 8 heteroatoms. The van der Waals surface area contributed by atoms with E-state index in [1.807, 2.05) is 0 Å². The standard InChI is InChI=1S/C14H14N2O5S/c1-3-20-14(17)13-11-7-21-12-6-9(22(2,18)19)4-5-10(12)16(11)8-15-13/h4-6,8H,3,7H2,1-2H3. The van der Waals surface area contributed by atoms with Gasteiger partial charge in [-0.3, -0.25) is 4.57 Å². The van der Waals surface area contributed by atoms with Crippen molar-refractivity contribution >= 4 is 15.8 Å². The molecule has 0 atom stereocenters. The lowest BCUT2D eigenvalue weighted by Crippen LogP contribution is -2.16. The molecule has 116 valence electrons. The van der Waals surface area contributed by atoms with Gasteiger partial charge >= 0.3 is 5.97 Å². The van der Waals surface area contributed by atoms with Crippen molar-refractivity contribution in [2.45, 2.75) is 18.4 Å². The summed E-state index contributed by atoms with van der Waals surface area (Å²) in [5.74, 6) is -0.0701. The van der Waals surface area contributed by atoms with Crippen molar-refractivity contribution in [3.05, 3.63) is 35.9 Å². The Bertz CT molecular complexity index is 854. The van der Waals surface area contributed by atoms with Crippen molar-refractivity contribution in [3.8, 4) is 11.4 Å². The van der Waals surface area contributed by atoms with Gasteiger partial charge in [-0.25, -0.2) is 18.2 Å². The highest BCUT2D eigenvalue weighted by atomic mass is 32.2. The molecule has 1 aliphatic heterocycles. The van der Waals surface area contributed by atoms with E-state index < -0.39 is 15.8 Å². The first kappa shape index (κ1) is 14.6. The first-order chi connectivity index (χ1) is 10.4. The van der Waals surface area contributed by atoms with E-state index in [2.05, 4.69) is 4.98 Å². The van der Waals surface area contributed by atoms with Crippen LogP contribution in [0.1, 0.15) is 23.1 Å². The van der Waals surface area contributed by atoms with Crippen LogP contribution in [-0.4, -0.2) is 36.8 Å². The largest absolute Gasteiger partial charge is 0.485 e. The van der Waals surface area contributed by atoms with E-state index in [9.17, 15) is 13.2 Å². The van der Waals surface area contributed by atoms with E-state index in [-0.39, 0.29) is 23.8 Å². The highest BCUT2D eigenvalue weighted by molar-refractivity contribution is 7.90. The molecule has 0 unspecified atom stereocenters. The Morgan fingerprint density at radius 1 is 1.45 bits per heavy atom. The molecule has 2 aromatic rings. The fourth-order valence-electron chi connectivity index (χ4n) is 2.28. The van der Waals surface area contributed by atoms with Gasteiger partial charge in [-0.15, -0.1) is 0 Å². The van der Waals surface area contributed by atoms with Gasteiger partial charge in [-0.2, -0.15) is 0 Å². The molecule has 1 aromatic heterocycles. The Hall–Kier alpha value is -2.35. The zero-order chi connectivity index (χ0) is 15.9. The number of carbonyl (C=O) groups is 1. The van der Waals surface area contributed by atoms with Crippen molar-refractivity contribution in [1.82, 2.24) is 9.55 Å². The third kappa shape index (κ3) is 2.35. The van der Waals surface area contributed by atoms with E-state index in [4.69, 9.17) is 9.47 Å². The number of hydrogen-bond donors (Lipinski definition) is 0. The van der Waals surface area contributed by atoms with Crippen LogP contribution in [0.4, 0.5) is 0 Å². The van der Waals surface area contributed by atoms with Gasteiger partial charge in [0.1, 0.15) is 18.7 Å². The Morgan fingerprint density at radius 3 is 2.91 bits per heavy atom. The maximum Gasteiger partial charge on any atom is 0.358 e. The number of hydrogen-bond acceptors (Lipinski definition) is 6. The fourth-order valence-corrected chi connectivity index (χ4v) is 2.91. The van der Waals surface area contributed by atoms with E-state index in [0.29, 0.717) is 17.1 Å². The summed E-state index contributed by atoms with van der Waals surface area (Å²) < 4.78 is 35.4. The minimum absolute atomic E-state index is 0.119. The van der Waals surface area contributed by atoms with Crippen molar-refractivity contribution in [3.63, 3.8) is 0 Å². The smallest absolute Gasteiger partial charge is 0.358 e. The molecule has 0 amide bonds. The molecule has 0 aliphatic carbocycles. The Labute approximate surface area is 127 Å². The van der Waals surface area contributed by atoms with E-state index in [1.54, 1.807) is 17.6 Å². The van der Waals surface area contributed by atoms with Gasteiger partial charge in [0.15, 0.2) is 15.5 Å². The molecule has 0 saturated heterocycles. The summed E-state index contributed by atoms with van der Waals surface area (Å²) in [5.41, 5.74) is 1.43. The number of sulfone groups is 1. The van der Waals surface area contributed by atoms with Crippen molar-refractivity contribution in [1.29, 1.82) is 0 Å². The summed E-state index contributed by atoms with van der Waals surface area (Å²) in [4.78, 5) is 16.1. The van der Waals surface area contributed by atoms with E-state index in [1.165, 1.54) is 18.5 Å². The molecule has 1 aromatic carbocycles. The van der Waals surface area contributed by atoms with Gasteiger partial charge in [-0.05, 0) is 19.1 Å². The fraction of sp³-hybridized carbons (Fsp3) is 0.286. The predicted octanol–water partition coefficient (Wildman–Crippen LogP) is 1.34. The average molecular weight is 322 g/mol. The van der Waals surface area contributed by atoms with Gasteiger partial charge in [0.2, 0.25) is 0 Å². The molecule has 0 N–H and O–H groups in total. The number of nitrogens with zero attached hydrogens (tertiary/aromatic N) is 2. The quantitative estimate of drug-likeness (QED) is 0.793. The van der Waals surface area contributed by atoms with Crippen LogP contribution in [0.25, 0.3) is 5.69 Å². The van der Waals surface area contributed by atoms with Crippen LogP contribution >= 0.6 is 0 Å². The number of carbonyl (C=O) groups excluding carboxylic acids is 1. The lowest BCUT2D eigenvalue weighted by molar-refractivity contribution is 0.0516. The monoisotopic (exact) mass is 322 g/mol. The average Bonchev–Trinajstić information content (AvgIpc) is 2.90. The van der Waals surface area contributed by atoms with Crippen LogP contribution < -0.4 is 4.74 Å². The van der Waals surface area contributed by atoms with Crippen molar-refractivity contribution in [2.24, 2.45) is 0 Å². The molecule has 2 heterocycles. The van der Waals surface area contributed by atoms with Gasteiger partial charge in [0.05, 0.1) is 22.9 Å². The van der Waals surface area contributed by atoms with Gasteiger partial charge in [-0.1, -0.05) is 0 Å². The lowest BCUT2D eigenvalue weighted by Gasteiger charge is -2.20. The van der Waals surface area contributed by atoms with Crippen LogP contribution in [0.5, 0.6) is 5.75 Å². The summed E-state index contributed by atoms with van der Waals surface area (Å²) in [5, 5.41) is 0. The molecule has 3 rings (SSSR count). The van der Waals surface area contributed by atoms with Gasteiger partial charge in [0, 0.05) is 12.3 Å². The molecule has 7 nitrogen and oxygen atoms in total. The van der Waals surface area contributed by atoms with Crippen LogP contribution in [0.15, 0.2) is 29.4 Å².